The average molecular weight is 260 g/mol. The molecule has 0 saturated carbocycles. The summed E-state index contributed by atoms with van der Waals surface area (Å²) in [5.74, 6) is 0.180. The van der Waals surface area contributed by atoms with E-state index in [9.17, 15) is 4.79 Å². The first-order chi connectivity index (χ1) is 8.95. The first-order valence-corrected chi connectivity index (χ1v) is 7.01. The van der Waals surface area contributed by atoms with Gasteiger partial charge >= 0.3 is 0 Å². The standard InChI is InChI=1S/C16H24N2O/c1-12-5-6-13(2)14(11-12)15(19)18-9-7-16(3,17-4)8-10-18/h5-6,11,17H,7-10H2,1-4H3. The van der Waals surface area contributed by atoms with Crippen LogP contribution in [0.15, 0.2) is 18.2 Å². The third kappa shape index (κ3) is 2.98. The highest BCUT2D eigenvalue weighted by atomic mass is 16.2. The third-order valence-corrected chi connectivity index (χ3v) is 4.38. The Kier molecular flexibility index (Phi) is 3.95. The molecule has 1 fully saturated rings. The highest BCUT2D eigenvalue weighted by Crippen LogP contribution is 2.23. The number of piperidine rings is 1. The van der Waals surface area contributed by atoms with Crippen LogP contribution in [0.5, 0.6) is 0 Å². The zero-order valence-electron chi connectivity index (χ0n) is 12.4. The molecule has 1 amide bonds. The number of carbonyl (C=O) groups excluding carboxylic acids is 1. The lowest BCUT2D eigenvalue weighted by molar-refractivity contribution is 0.0661. The van der Waals surface area contributed by atoms with E-state index in [2.05, 4.69) is 18.3 Å². The van der Waals surface area contributed by atoms with E-state index in [0.717, 1.165) is 42.6 Å². The van der Waals surface area contributed by atoms with Crippen molar-refractivity contribution in [3.05, 3.63) is 34.9 Å². The molecule has 1 N–H and O–H groups in total. The number of amides is 1. The molecule has 0 atom stereocenters. The summed E-state index contributed by atoms with van der Waals surface area (Å²) in [6.07, 6.45) is 2.03. The number of nitrogens with zero attached hydrogens (tertiary/aromatic N) is 1. The van der Waals surface area contributed by atoms with Crippen molar-refractivity contribution in [2.75, 3.05) is 20.1 Å². The molecule has 104 valence electrons. The van der Waals surface area contributed by atoms with Crippen molar-refractivity contribution >= 4 is 5.91 Å². The van der Waals surface area contributed by atoms with E-state index in [1.54, 1.807) is 0 Å². The molecular weight excluding hydrogens is 236 g/mol. The maximum atomic E-state index is 12.6. The summed E-state index contributed by atoms with van der Waals surface area (Å²) in [5, 5.41) is 3.36. The second kappa shape index (κ2) is 5.33. The molecule has 1 heterocycles. The van der Waals surface area contributed by atoms with E-state index >= 15 is 0 Å². The minimum Gasteiger partial charge on any atom is -0.339 e. The molecule has 19 heavy (non-hydrogen) atoms. The second-order valence-electron chi connectivity index (χ2n) is 5.92. The van der Waals surface area contributed by atoms with Crippen LogP contribution < -0.4 is 5.32 Å². The largest absolute Gasteiger partial charge is 0.339 e. The van der Waals surface area contributed by atoms with E-state index in [1.165, 1.54) is 0 Å². The van der Waals surface area contributed by atoms with Gasteiger partial charge in [0.05, 0.1) is 0 Å². The summed E-state index contributed by atoms with van der Waals surface area (Å²) in [4.78, 5) is 14.6. The van der Waals surface area contributed by atoms with E-state index in [4.69, 9.17) is 0 Å². The molecule has 0 bridgehead atoms. The zero-order valence-corrected chi connectivity index (χ0v) is 12.4. The Bertz CT molecular complexity index is 474. The smallest absolute Gasteiger partial charge is 0.254 e. The second-order valence-corrected chi connectivity index (χ2v) is 5.92. The molecule has 1 aliphatic rings. The van der Waals surface area contributed by atoms with Crippen LogP contribution in [0, 0.1) is 13.8 Å². The predicted octanol–water partition coefficient (Wildman–Crippen LogP) is 2.52. The fourth-order valence-corrected chi connectivity index (χ4v) is 2.59. The highest BCUT2D eigenvalue weighted by Gasteiger charge is 2.30. The van der Waals surface area contributed by atoms with Gasteiger partial charge in [-0.15, -0.1) is 0 Å². The first-order valence-electron chi connectivity index (χ1n) is 7.01. The number of carbonyl (C=O) groups is 1. The molecule has 3 nitrogen and oxygen atoms in total. The average Bonchev–Trinajstić information content (AvgIpc) is 2.42. The number of hydrogen-bond acceptors (Lipinski definition) is 2. The van der Waals surface area contributed by atoms with Gasteiger partial charge < -0.3 is 10.2 Å². The van der Waals surface area contributed by atoms with Crippen molar-refractivity contribution in [1.82, 2.24) is 10.2 Å². The predicted molar refractivity (Wildman–Crippen MR) is 78.5 cm³/mol. The molecule has 1 saturated heterocycles. The monoisotopic (exact) mass is 260 g/mol. The Balaban J connectivity index is 2.11. The van der Waals surface area contributed by atoms with Crippen LogP contribution in [0.2, 0.25) is 0 Å². The molecule has 1 aromatic rings. The summed E-state index contributed by atoms with van der Waals surface area (Å²) >= 11 is 0. The summed E-state index contributed by atoms with van der Waals surface area (Å²) in [6.45, 7) is 7.94. The molecule has 2 rings (SSSR count). The van der Waals surface area contributed by atoms with Crippen LogP contribution >= 0.6 is 0 Å². The Hall–Kier alpha value is -1.35. The Morgan fingerprint density at radius 3 is 2.47 bits per heavy atom. The SMILES string of the molecule is CNC1(C)CCN(C(=O)c2cc(C)ccc2C)CC1. The van der Waals surface area contributed by atoms with Gasteiger partial charge in [0.25, 0.3) is 5.91 Å². The van der Waals surface area contributed by atoms with Crippen molar-refractivity contribution in [3.63, 3.8) is 0 Å². The van der Waals surface area contributed by atoms with Crippen LogP contribution in [0.1, 0.15) is 41.3 Å². The molecule has 0 aliphatic carbocycles. The van der Waals surface area contributed by atoms with E-state index in [0.29, 0.717) is 0 Å². The number of likely N-dealkylation sites (tertiary alicyclic amines) is 1. The van der Waals surface area contributed by atoms with E-state index < -0.39 is 0 Å². The summed E-state index contributed by atoms with van der Waals surface area (Å²) in [5.41, 5.74) is 3.25. The molecule has 1 aromatic carbocycles. The van der Waals surface area contributed by atoms with Crippen molar-refractivity contribution < 1.29 is 4.79 Å². The third-order valence-electron chi connectivity index (χ3n) is 4.38. The van der Waals surface area contributed by atoms with Gasteiger partial charge in [0.1, 0.15) is 0 Å². The lowest BCUT2D eigenvalue weighted by atomic mass is 9.89. The number of hydrogen-bond donors (Lipinski definition) is 1. The van der Waals surface area contributed by atoms with Gasteiger partial charge in [0, 0.05) is 24.2 Å². The number of aryl methyl sites for hydroxylation is 2. The van der Waals surface area contributed by atoms with Crippen LogP contribution in [-0.4, -0.2) is 36.5 Å². The molecule has 1 aliphatic heterocycles. The van der Waals surface area contributed by atoms with Gasteiger partial charge in [-0.05, 0) is 52.3 Å². The summed E-state index contributed by atoms with van der Waals surface area (Å²) < 4.78 is 0. The lowest BCUT2D eigenvalue weighted by Gasteiger charge is -2.39. The van der Waals surface area contributed by atoms with Gasteiger partial charge in [0.15, 0.2) is 0 Å². The first kappa shape index (κ1) is 14.1. The molecular formula is C16H24N2O. The minimum atomic E-state index is 0.179. The van der Waals surface area contributed by atoms with Gasteiger partial charge in [0.2, 0.25) is 0 Å². The Labute approximate surface area is 116 Å². The lowest BCUT2D eigenvalue weighted by Crippen LogP contribution is -2.51. The normalized spacial score (nSPS) is 18.4. The van der Waals surface area contributed by atoms with Crippen molar-refractivity contribution in [3.8, 4) is 0 Å². The van der Waals surface area contributed by atoms with Gasteiger partial charge in [-0.1, -0.05) is 17.7 Å². The fraction of sp³-hybridized carbons (Fsp3) is 0.562. The number of rotatable bonds is 2. The molecule has 0 radical (unpaired) electrons. The van der Waals surface area contributed by atoms with Gasteiger partial charge in [-0.3, -0.25) is 4.79 Å². The maximum Gasteiger partial charge on any atom is 0.254 e. The highest BCUT2D eigenvalue weighted by molar-refractivity contribution is 5.95. The fourth-order valence-electron chi connectivity index (χ4n) is 2.59. The van der Waals surface area contributed by atoms with E-state index in [-0.39, 0.29) is 11.4 Å². The topological polar surface area (TPSA) is 32.3 Å². The van der Waals surface area contributed by atoms with Crippen molar-refractivity contribution in [2.24, 2.45) is 0 Å². The number of benzene rings is 1. The Morgan fingerprint density at radius 2 is 1.89 bits per heavy atom. The molecule has 0 unspecified atom stereocenters. The maximum absolute atomic E-state index is 12.6. The molecule has 0 aromatic heterocycles. The van der Waals surface area contributed by atoms with Crippen molar-refractivity contribution in [2.45, 2.75) is 39.2 Å². The van der Waals surface area contributed by atoms with Crippen LogP contribution in [0.4, 0.5) is 0 Å². The quantitative estimate of drug-likeness (QED) is 0.886. The van der Waals surface area contributed by atoms with Crippen LogP contribution in [0.3, 0.4) is 0 Å². The minimum absolute atomic E-state index is 0.179. The van der Waals surface area contributed by atoms with Crippen LogP contribution in [-0.2, 0) is 0 Å². The summed E-state index contributed by atoms with van der Waals surface area (Å²) in [7, 11) is 2.00. The van der Waals surface area contributed by atoms with Crippen LogP contribution in [0.25, 0.3) is 0 Å². The summed E-state index contributed by atoms with van der Waals surface area (Å²) in [6, 6.07) is 6.09. The molecule has 0 spiro atoms. The Morgan fingerprint density at radius 1 is 1.26 bits per heavy atom. The zero-order chi connectivity index (χ0) is 14.0. The van der Waals surface area contributed by atoms with Crippen molar-refractivity contribution in [1.29, 1.82) is 0 Å². The number of nitrogens with one attached hydrogen (secondary N) is 1. The molecule has 3 heteroatoms. The van der Waals surface area contributed by atoms with Gasteiger partial charge in [-0.25, -0.2) is 0 Å². The van der Waals surface area contributed by atoms with Gasteiger partial charge in [-0.2, -0.15) is 0 Å². The van der Waals surface area contributed by atoms with E-state index in [1.807, 2.05) is 37.9 Å².